The molecule has 172 valence electrons. The van der Waals surface area contributed by atoms with Gasteiger partial charge in [0.1, 0.15) is 5.82 Å². The van der Waals surface area contributed by atoms with Crippen LogP contribution in [-0.2, 0) is 16.1 Å². The molecule has 3 aromatic rings. The Labute approximate surface area is 184 Å². The highest BCUT2D eigenvalue weighted by Gasteiger charge is 2.38. The minimum atomic E-state index is -5.08. The molecule has 0 fully saturated rings. The summed E-state index contributed by atoms with van der Waals surface area (Å²) in [5.41, 5.74) is 2.11. The molecule has 0 aliphatic carbocycles. The first-order valence-corrected chi connectivity index (χ1v) is 9.56. The van der Waals surface area contributed by atoms with Gasteiger partial charge in [-0.25, -0.2) is 9.78 Å². The normalized spacial score (nSPS) is 12.9. The molecule has 4 rings (SSSR count). The summed E-state index contributed by atoms with van der Waals surface area (Å²) in [6, 6.07) is 14.5. The number of carbonyl (C=O) groups excluding carboxylic acids is 2. The number of hydrogen-bond donors (Lipinski definition) is 3. The minimum absolute atomic E-state index is 0.192. The van der Waals surface area contributed by atoms with Crippen molar-refractivity contribution in [1.29, 1.82) is 0 Å². The fourth-order valence-corrected chi connectivity index (χ4v) is 3.05. The second kappa shape index (κ2) is 9.51. The first-order chi connectivity index (χ1) is 15.6. The standard InChI is InChI=1S/C19H17N5O2.C2HF3O2/c1-12(25)21-14-6-4-5-13(11-14)18(26)23-19-22-16-8-3-2-7-15(16)17-20-9-10-24(17)19;3-2(4,5)1(6)7/h2-8,11,20H,9-10H2,1H3,(H,21,25);(H,6,7). The molecule has 1 aliphatic rings. The maximum atomic E-state index is 12.6. The van der Waals surface area contributed by atoms with Gasteiger partial charge < -0.3 is 15.7 Å². The van der Waals surface area contributed by atoms with Gasteiger partial charge in [-0.3, -0.25) is 14.2 Å². The van der Waals surface area contributed by atoms with Crippen LogP contribution in [0.3, 0.4) is 0 Å². The van der Waals surface area contributed by atoms with Gasteiger partial charge in [-0.05, 0) is 30.3 Å². The first-order valence-electron chi connectivity index (χ1n) is 9.56. The van der Waals surface area contributed by atoms with Crippen molar-refractivity contribution in [2.24, 2.45) is 4.99 Å². The summed E-state index contributed by atoms with van der Waals surface area (Å²) in [7, 11) is 0. The van der Waals surface area contributed by atoms with Gasteiger partial charge in [0.05, 0.1) is 5.52 Å². The average Bonchev–Trinajstić information content (AvgIpc) is 3.24. The number of halogens is 3. The number of aromatic nitrogens is 2. The van der Waals surface area contributed by atoms with Crippen LogP contribution in [0.2, 0.25) is 0 Å². The van der Waals surface area contributed by atoms with E-state index in [1.54, 1.807) is 24.3 Å². The summed E-state index contributed by atoms with van der Waals surface area (Å²) in [5, 5.41) is 14.1. The number of carbonyl (C=O) groups is 3. The van der Waals surface area contributed by atoms with Gasteiger partial charge in [0.2, 0.25) is 11.5 Å². The van der Waals surface area contributed by atoms with E-state index < -0.39 is 18.1 Å². The van der Waals surface area contributed by atoms with Crippen molar-refractivity contribution in [3.05, 3.63) is 59.7 Å². The van der Waals surface area contributed by atoms with Crippen LogP contribution in [0.1, 0.15) is 17.3 Å². The maximum Gasteiger partial charge on any atom is 0.490 e. The first kappa shape index (κ1) is 23.4. The number of carboxylic acids is 1. The van der Waals surface area contributed by atoms with E-state index in [2.05, 4.69) is 20.6 Å². The number of hydrogen-bond acceptors (Lipinski definition) is 5. The second-order valence-corrected chi connectivity index (χ2v) is 6.84. The highest BCUT2D eigenvalue weighted by atomic mass is 19.4. The molecule has 1 aromatic heterocycles. The summed E-state index contributed by atoms with van der Waals surface area (Å²) in [4.78, 5) is 41.5. The molecule has 12 heteroatoms. The van der Waals surface area contributed by atoms with Crippen LogP contribution in [0.25, 0.3) is 10.9 Å². The smallest absolute Gasteiger partial charge is 0.475 e. The number of aliphatic carboxylic acids is 1. The van der Waals surface area contributed by atoms with Crippen molar-refractivity contribution in [1.82, 2.24) is 9.55 Å². The molecule has 0 atom stereocenters. The third-order valence-corrected chi connectivity index (χ3v) is 4.39. The highest BCUT2D eigenvalue weighted by molar-refractivity contribution is 5.97. The van der Waals surface area contributed by atoms with Crippen LogP contribution in [0.4, 0.5) is 24.7 Å². The van der Waals surface area contributed by atoms with Gasteiger partial charge in [-0.15, -0.1) is 0 Å². The highest BCUT2D eigenvalue weighted by Crippen LogP contribution is 2.22. The Kier molecular flexibility index (Phi) is 6.75. The van der Waals surface area contributed by atoms with Crippen molar-refractivity contribution < 1.29 is 32.7 Å². The third-order valence-electron chi connectivity index (χ3n) is 4.39. The van der Waals surface area contributed by atoms with Crippen LogP contribution < -0.4 is 16.3 Å². The van der Waals surface area contributed by atoms with Crippen molar-refractivity contribution in [2.75, 3.05) is 17.2 Å². The molecule has 2 aromatic carbocycles. The number of para-hydroxylation sites is 1. The molecule has 3 N–H and O–H groups in total. The molecule has 0 spiro atoms. The Balaban J connectivity index is 0.000000383. The number of nitrogens with one attached hydrogen (secondary N) is 2. The summed E-state index contributed by atoms with van der Waals surface area (Å²) >= 11 is 0. The van der Waals surface area contributed by atoms with E-state index in [1.165, 1.54) is 6.92 Å². The molecule has 0 bridgehead atoms. The van der Waals surface area contributed by atoms with E-state index >= 15 is 0 Å². The number of alkyl halides is 3. The Morgan fingerprint density at radius 1 is 1.15 bits per heavy atom. The number of rotatable bonds is 2. The topological polar surface area (TPSA) is 126 Å². The molecular weight excluding hydrogens is 443 g/mol. The van der Waals surface area contributed by atoms with Crippen LogP contribution in [0.15, 0.2) is 53.5 Å². The molecular formula is C21H18F3N5O4. The Hall–Kier alpha value is -4.22. The van der Waals surface area contributed by atoms with Gasteiger partial charge in [-0.1, -0.05) is 18.2 Å². The number of benzene rings is 2. The fraction of sp³-hybridized carbons (Fsp3) is 0.190. The molecule has 0 unspecified atom stereocenters. The third kappa shape index (κ3) is 5.73. The minimum Gasteiger partial charge on any atom is -0.475 e. The van der Waals surface area contributed by atoms with Gasteiger partial charge in [0, 0.05) is 36.7 Å². The lowest BCUT2D eigenvalue weighted by Crippen LogP contribution is -2.24. The maximum absolute atomic E-state index is 12.6. The quantitative estimate of drug-likeness (QED) is 0.539. The number of anilines is 2. The zero-order valence-electron chi connectivity index (χ0n) is 17.2. The van der Waals surface area contributed by atoms with Crippen LogP contribution >= 0.6 is 0 Å². The molecule has 0 radical (unpaired) electrons. The van der Waals surface area contributed by atoms with E-state index in [-0.39, 0.29) is 5.91 Å². The summed E-state index contributed by atoms with van der Waals surface area (Å²) in [6.45, 7) is 2.89. The predicted molar refractivity (Wildman–Crippen MR) is 113 cm³/mol. The molecule has 2 heterocycles. The van der Waals surface area contributed by atoms with Gasteiger partial charge in [-0.2, -0.15) is 18.2 Å². The van der Waals surface area contributed by atoms with Crippen LogP contribution in [-0.4, -0.2) is 45.2 Å². The number of carboxylic acid groups (broad SMARTS) is 1. The van der Waals surface area contributed by atoms with Gasteiger partial charge in [0.15, 0.2) is 0 Å². The van der Waals surface area contributed by atoms with E-state index in [4.69, 9.17) is 9.90 Å². The number of nitrogens with zero attached hydrogens (tertiary/aromatic N) is 3. The molecule has 0 saturated carbocycles. The Morgan fingerprint density at radius 2 is 1.85 bits per heavy atom. The predicted octanol–water partition coefficient (Wildman–Crippen LogP) is 2.79. The number of amides is 2. The van der Waals surface area contributed by atoms with E-state index in [0.717, 1.165) is 23.3 Å². The van der Waals surface area contributed by atoms with Gasteiger partial charge >= 0.3 is 12.1 Å². The molecule has 0 saturated heterocycles. The molecule has 1 aliphatic heterocycles. The second-order valence-electron chi connectivity index (χ2n) is 6.84. The fourth-order valence-electron chi connectivity index (χ4n) is 3.05. The van der Waals surface area contributed by atoms with E-state index in [9.17, 15) is 22.8 Å². The van der Waals surface area contributed by atoms with Crippen LogP contribution in [0, 0.1) is 0 Å². The summed E-state index contributed by atoms with van der Waals surface area (Å²) in [5.74, 6) is -2.43. The zero-order chi connectivity index (χ0) is 24.2. The van der Waals surface area contributed by atoms with E-state index in [1.807, 2.05) is 28.8 Å². The summed E-state index contributed by atoms with van der Waals surface area (Å²) < 4.78 is 33.7. The lowest BCUT2D eigenvalue weighted by Gasteiger charge is -2.08. The van der Waals surface area contributed by atoms with Gasteiger partial charge in [0.25, 0.3) is 5.91 Å². The monoisotopic (exact) mass is 461 g/mol. The Morgan fingerprint density at radius 3 is 2.52 bits per heavy atom. The van der Waals surface area contributed by atoms with Crippen molar-refractivity contribution >= 4 is 40.2 Å². The molecule has 2 amide bonds. The molecule has 9 nitrogen and oxygen atoms in total. The lowest BCUT2D eigenvalue weighted by atomic mass is 10.2. The summed E-state index contributed by atoms with van der Waals surface area (Å²) in [6.07, 6.45) is -5.08. The number of fused-ring (bicyclic) bond motifs is 3. The van der Waals surface area contributed by atoms with Crippen molar-refractivity contribution in [3.8, 4) is 0 Å². The Bertz CT molecular complexity index is 1300. The molecule has 33 heavy (non-hydrogen) atoms. The largest absolute Gasteiger partial charge is 0.490 e. The van der Waals surface area contributed by atoms with Crippen LogP contribution in [0.5, 0.6) is 0 Å². The lowest BCUT2D eigenvalue weighted by molar-refractivity contribution is -0.192. The average molecular weight is 461 g/mol. The van der Waals surface area contributed by atoms with Crippen molar-refractivity contribution in [3.63, 3.8) is 0 Å². The van der Waals surface area contributed by atoms with E-state index in [0.29, 0.717) is 23.4 Å². The van der Waals surface area contributed by atoms with Crippen molar-refractivity contribution in [2.45, 2.75) is 19.6 Å². The zero-order valence-corrected chi connectivity index (χ0v) is 17.2. The SMILES string of the molecule is CC(=O)Nc1cccc(C(=O)N=c2nc3ccccc3c3n2CCN3)c1.O=C(O)C(F)(F)F.